The fourth-order valence-corrected chi connectivity index (χ4v) is 1.86. The van der Waals surface area contributed by atoms with Gasteiger partial charge in [0.15, 0.2) is 0 Å². The molecule has 0 saturated carbocycles. The predicted octanol–water partition coefficient (Wildman–Crippen LogP) is 1.90. The van der Waals surface area contributed by atoms with Crippen LogP contribution in [-0.2, 0) is 4.74 Å². The SMILES string of the molecule is CC1(CCNC(=O)OC(C)(C)C)CCNC1. The molecule has 4 heteroatoms. The van der Waals surface area contributed by atoms with Crippen LogP contribution < -0.4 is 10.6 Å². The smallest absolute Gasteiger partial charge is 0.407 e. The average molecular weight is 228 g/mol. The van der Waals surface area contributed by atoms with Crippen LogP contribution in [0.4, 0.5) is 4.79 Å². The summed E-state index contributed by atoms with van der Waals surface area (Å²) in [5.41, 5.74) is -0.0854. The second-order valence-corrected chi connectivity index (χ2v) is 5.92. The highest BCUT2D eigenvalue weighted by molar-refractivity contribution is 5.67. The maximum Gasteiger partial charge on any atom is 0.407 e. The van der Waals surface area contributed by atoms with Crippen molar-refractivity contribution in [2.45, 2.75) is 46.1 Å². The van der Waals surface area contributed by atoms with Gasteiger partial charge in [0.2, 0.25) is 0 Å². The van der Waals surface area contributed by atoms with Crippen molar-refractivity contribution in [3.05, 3.63) is 0 Å². The van der Waals surface area contributed by atoms with Crippen molar-refractivity contribution in [3.63, 3.8) is 0 Å². The third-order valence-corrected chi connectivity index (χ3v) is 2.85. The second-order valence-electron chi connectivity index (χ2n) is 5.92. The highest BCUT2D eigenvalue weighted by Crippen LogP contribution is 2.27. The van der Waals surface area contributed by atoms with Gasteiger partial charge in [-0.15, -0.1) is 0 Å². The minimum Gasteiger partial charge on any atom is -0.444 e. The maximum atomic E-state index is 11.4. The van der Waals surface area contributed by atoms with Crippen molar-refractivity contribution in [3.8, 4) is 0 Å². The van der Waals surface area contributed by atoms with E-state index in [0.29, 0.717) is 12.0 Å². The molecule has 1 atom stereocenters. The normalized spacial score (nSPS) is 25.5. The third kappa shape index (κ3) is 4.84. The van der Waals surface area contributed by atoms with Crippen molar-refractivity contribution in [2.24, 2.45) is 5.41 Å². The van der Waals surface area contributed by atoms with E-state index in [1.54, 1.807) is 0 Å². The summed E-state index contributed by atoms with van der Waals surface area (Å²) < 4.78 is 5.17. The van der Waals surface area contributed by atoms with Gasteiger partial charge in [-0.1, -0.05) is 6.92 Å². The van der Waals surface area contributed by atoms with Crippen molar-refractivity contribution >= 4 is 6.09 Å². The number of amides is 1. The van der Waals surface area contributed by atoms with Crippen molar-refractivity contribution in [1.82, 2.24) is 10.6 Å². The van der Waals surface area contributed by atoms with Gasteiger partial charge in [-0.05, 0) is 45.6 Å². The molecule has 0 aromatic carbocycles. The lowest BCUT2D eigenvalue weighted by Crippen LogP contribution is -2.35. The van der Waals surface area contributed by atoms with E-state index in [1.165, 1.54) is 6.42 Å². The number of rotatable bonds is 3. The van der Waals surface area contributed by atoms with Crippen LogP contribution in [0.2, 0.25) is 0 Å². The van der Waals surface area contributed by atoms with Crippen LogP contribution in [0.25, 0.3) is 0 Å². The Bertz CT molecular complexity index is 240. The molecule has 94 valence electrons. The molecule has 1 rings (SSSR count). The van der Waals surface area contributed by atoms with Gasteiger partial charge in [-0.2, -0.15) is 0 Å². The molecule has 0 bridgehead atoms. The van der Waals surface area contributed by atoms with Gasteiger partial charge in [-0.3, -0.25) is 0 Å². The molecule has 0 aliphatic carbocycles. The largest absolute Gasteiger partial charge is 0.444 e. The number of hydrogen-bond donors (Lipinski definition) is 2. The number of ether oxygens (including phenoxy) is 1. The summed E-state index contributed by atoms with van der Waals surface area (Å²) in [7, 11) is 0. The number of carbonyl (C=O) groups is 1. The molecule has 16 heavy (non-hydrogen) atoms. The number of alkyl carbamates (subject to hydrolysis) is 1. The van der Waals surface area contributed by atoms with Crippen LogP contribution in [0, 0.1) is 5.41 Å². The van der Waals surface area contributed by atoms with Gasteiger partial charge in [0.05, 0.1) is 0 Å². The van der Waals surface area contributed by atoms with Gasteiger partial charge in [0, 0.05) is 13.1 Å². The van der Waals surface area contributed by atoms with Gasteiger partial charge >= 0.3 is 6.09 Å². The lowest BCUT2D eigenvalue weighted by atomic mass is 9.86. The molecule has 1 aliphatic rings. The monoisotopic (exact) mass is 228 g/mol. The first kappa shape index (κ1) is 13.3. The average Bonchev–Trinajstić information content (AvgIpc) is 2.49. The molecule has 1 aliphatic heterocycles. The van der Waals surface area contributed by atoms with E-state index in [-0.39, 0.29) is 6.09 Å². The molecular weight excluding hydrogens is 204 g/mol. The highest BCUT2D eigenvalue weighted by Gasteiger charge is 2.28. The van der Waals surface area contributed by atoms with E-state index in [0.717, 1.165) is 19.5 Å². The molecule has 1 amide bonds. The quantitative estimate of drug-likeness (QED) is 0.775. The van der Waals surface area contributed by atoms with Gasteiger partial charge in [0.1, 0.15) is 5.60 Å². The highest BCUT2D eigenvalue weighted by atomic mass is 16.6. The molecule has 4 nitrogen and oxygen atoms in total. The van der Waals surface area contributed by atoms with Crippen LogP contribution >= 0.6 is 0 Å². The zero-order chi connectivity index (χ0) is 12.2. The minimum absolute atomic E-state index is 0.318. The summed E-state index contributed by atoms with van der Waals surface area (Å²) in [6.45, 7) is 10.7. The molecule has 0 radical (unpaired) electrons. The van der Waals surface area contributed by atoms with Crippen LogP contribution in [0.3, 0.4) is 0 Å². The van der Waals surface area contributed by atoms with E-state index in [4.69, 9.17) is 4.74 Å². The predicted molar refractivity (Wildman–Crippen MR) is 64.4 cm³/mol. The summed E-state index contributed by atoms with van der Waals surface area (Å²) in [6.07, 6.45) is 1.87. The fraction of sp³-hybridized carbons (Fsp3) is 0.917. The topological polar surface area (TPSA) is 50.4 Å². The first-order valence-electron chi connectivity index (χ1n) is 5.98. The summed E-state index contributed by atoms with van der Waals surface area (Å²) in [6, 6.07) is 0. The second kappa shape index (κ2) is 5.04. The Morgan fingerprint density at radius 3 is 2.69 bits per heavy atom. The molecule has 0 aromatic heterocycles. The van der Waals surface area contributed by atoms with Crippen LogP contribution in [-0.4, -0.2) is 31.3 Å². The van der Waals surface area contributed by atoms with Crippen LogP contribution in [0.15, 0.2) is 0 Å². The van der Waals surface area contributed by atoms with E-state index in [2.05, 4.69) is 17.6 Å². The Balaban J connectivity index is 2.18. The van der Waals surface area contributed by atoms with Gasteiger partial charge in [-0.25, -0.2) is 4.79 Å². The zero-order valence-corrected chi connectivity index (χ0v) is 10.9. The summed E-state index contributed by atoms with van der Waals surface area (Å²) >= 11 is 0. The minimum atomic E-state index is -0.414. The molecule has 2 N–H and O–H groups in total. The van der Waals surface area contributed by atoms with Crippen LogP contribution in [0.5, 0.6) is 0 Å². The van der Waals surface area contributed by atoms with Gasteiger partial charge < -0.3 is 15.4 Å². The van der Waals surface area contributed by atoms with Gasteiger partial charge in [0.25, 0.3) is 0 Å². The maximum absolute atomic E-state index is 11.4. The standard InChI is InChI=1S/C12H24N2O2/c1-11(2,3)16-10(15)14-8-6-12(4)5-7-13-9-12/h13H,5-9H2,1-4H3,(H,14,15). The fourth-order valence-electron chi connectivity index (χ4n) is 1.86. The molecule has 1 saturated heterocycles. The Labute approximate surface area is 98.1 Å². The Kier molecular flexibility index (Phi) is 4.19. The molecule has 0 spiro atoms. The molecule has 1 heterocycles. The van der Waals surface area contributed by atoms with E-state index in [9.17, 15) is 4.79 Å². The third-order valence-electron chi connectivity index (χ3n) is 2.85. The lowest BCUT2D eigenvalue weighted by molar-refractivity contribution is 0.0522. The Morgan fingerprint density at radius 2 is 2.19 bits per heavy atom. The van der Waals surface area contributed by atoms with Crippen LogP contribution in [0.1, 0.15) is 40.5 Å². The molecule has 1 fully saturated rings. The Morgan fingerprint density at radius 1 is 1.50 bits per heavy atom. The lowest BCUT2D eigenvalue weighted by Gasteiger charge is -2.24. The first-order valence-corrected chi connectivity index (χ1v) is 5.98. The number of hydrogen-bond acceptors (Lipinski definition) is 3. The van der Waals surface area contributed by atoms with Crippen molar-refractivity contribution in [1.29, 1.82) is 0 Å². The Hall–Kier alpha value is -0.770. The summed E-state index contributed by atoms with van der Waals surface area (Å²) in [5.74, 6) is 0. The summed E-state index contributed by atoms with van der Waals surface area (Å²) in [5, 5.41) is 6.15. The molecule has 1 unspecified atom stereocenters. The zero-order valence-electron chi connectivity index (χ0n) is 10.9. The first-order chi connectivity index (χ1) is 7.31. The van der Waals surface area contributed by atoms with E-state index >= 15 is 0 Å². The van der Waals surface area contributed by atoms with Crippen molar-refractivity contribution in [2.75, 3.05) is 19.6 Å². The molecular formula is C12H24N2O2. The number of nitrogens with one attached hydrogen (secondary N) is 2. The number of carbonyl (C=O) groups excluding carboxylic acids is 1. The van der Waals surface area contributed by atoms with E-state index < -0.39 is 5.60 Å². The summed E-state index contributed by atoms with van der Waals surface area (Å²) in [4.78, 5) is 11.4. The van der Waals surface area contributed by atoms with Crippen molar-refractivity contribution < 1.29 is 9.53 Å². The van der Waals surface area contributed by atoms with E-state index in [1.807, 2.05) is 20.8 Å². The molecule has 0 aromatic rings.